The van der Waals surface area contributed by atoms with Crippen molar-refractivity contribution in [3.05, 3.63) is 0 Å². The lowest BCUT2D eigenvalue weighted by atomic mass is 10.1. The number of aliphatic hydroxyl groups is 2. The van der Waals surface area contributed by atoms with E-state index in [9.17, 15) is 0 Å². The van der Waals surface area contributed by atoms with E-state index >= 15 is 0 Å². The van der Waals surface area contributed by atoms with E-state index in [1.165, 1.54) is 19.3 Å². The number of nitrogens with one attached hydrogen (secondary N) is 1. The third-order valence-electron chi connectivity index (χ3n) is 2.66. The normalized spacial score (nSPS) is 21.5. The zero-order valence-corrected chi connectivity index (χ0v) is 8.37. The molecule has 78 valence electrons. The molecule has 3 N–H and O–H groups in total. The van der Waals surface area contributed by atoms with E-state index in [2.05, 4.69) is 12.2 Å². The topological polar surface area (TPSA) is 52.5 Å². The summed E-state index contributed by atoms with van der Waals surface area (Å²) in [6.45, 7) is 2.53. The van der Waals surface area contributed by atoms with Gasteiger partial charge in [0.2, 0.25) is 0 Å². The van der Waals surface area contributed by atoms with Crippen molar-refractivity contribution in [2.45, 2.75) is 44.8 Å². The zero-order chi connectivity index (χ0) is 9.68. The van der Waals surface area contributed by atoms with Gasteiger partial charge in [0.15, 0.2) is 0 Å². The number of hydrogen-bond acceptors (Lipinski definition) is 3. The Morgan fingerprint density at radius 2 is 2.15 bits per heavy atom. The second-order valence-electron chi connectivity index (χ2n) is 4.03. The zero-order valence-electron chi connectivity index (χ0n) is 8.37. The van der Waals surface area contributed by atoms with E-state index in [1.54, 1.807) is 0 Å². The Morgan fingerprint density at radius 3 is 2.62 bits per heavy atom. The Balaban J connectivity index is 2.07. The van der Waals surface area contributed by atoms with E-state index in [1.807, 2.05) is 0 Å². The van der Waals surface area contributed by atoms with Gasteiger partial charge in [0.1, 0.15) is 0 Å². The molecule has 0 saturated heterocycles. The summed E-state index contributed by atoms with van der Waals surface area (Å²) in [5.74, 6) is 0.920. The van der Waals surface area contributed by atoms with Crippen LogP contribution < -0.4 is 5.32 Å². The Labute approximate surface area is 80.2 Å². The highest BCUT2D eigenvalue weighted by Crippen LogP contribution is 2.33. The summed E-state index contributed by atoms with van der Waals surface area (Å²) < 4.78 is 0. The Morgan fingerprint density at radius 1 is 1.46 bits per heavy atom. The number of rotatable bonds is 7. The molecule has 0 amide bonds. The molecular weight excluding hydrogens is 166 g/mol. The largest absolute Gasteiger partial charge is 0.394 e. The molecule has 0 bridgehead atoms. The summed E-state index contributed by atoms with van der Waals surface area (Å²) in [7, 11) is 0. The van der Waals surface area contributed by atoms with Crippen LogP contribution in [0.2, 0.25) is 0 Å². The molecule has 1 fully saturated rings. The van der Waals surface area contributed by atoms with Crippen LogP contribution in [0.25, 0.3) is 0 Å². The van der Waals surface area contributed by atoms with Gasteiger partial charge >= 0.3 is 0 Å². The van der Waals surface area contributed by atoms with Crippen LogP contribution in [0.15, 0.2) is 0 Å². The molecule has 2 atom stereocenters. The van der Waals surface area contributed by atoms with Crippen molar-refractivity contribution in [3.8, 4) is 0 Å². The van der Waals surface area contributed by atoms with Crippen LogP contribution in [0.3, 0.4) is 0 Å². The molecule has 1 rings (SSSR count). The van der Waals surface area contributed by atoms with E-state index in [4.69, 9.17) is 10.2 Å². The fourth-order valence-electron chi connectivity index (χ4n) is 1.52. The summed E-state index contributed by atoms with van der Waals surface area (Å²) in [6.07, 6.45) is 4.48. The van der Waals surface area contributed by atoms with Crippen LogP contribution in [0.1, 0.15) is 32.6 Å². The van der Waals surface area contributed by atoms with Gasteiger partial charge in [0.25, 0.3) is 0 Å². The van der Waals surface area contributed by atoms with Crippen LogP contribution in [0, 0.1) is 5.92 Å². The number of aliphatic hydroxyl groups excluding tert-OH is 2. The van der Waals surface area contributed by atoms with Crippen molar-refractivity contribution in [3.63, 3.8) is 0 Å². The summed E-state index contributed by atoms with van der Waals surface area (Å²) in [5.41, 5.74) is 0. The molecule has 1 aliphatic carbocycles. The number of hydrogen-bond donors (Lipinski definition) is 3. The molecule has 0 aromatic rings. The summed E-state index contributed by atoms with van der Waals surface area (Å²) in [4.78, 5) is 0. The molecule has 3 heteroatoms. The molecule has 0 aliphatic heterocycles. The third kappa shape index (κ3) is 4.60. The maximum absolute atomic E-state index is 9.14. The second-order valence-corrected chi connectivity index (χ2v) is 4.03. The van der Waals surface area contributed by atoms with Crippen LogP contribution in [0.4, 0.5) is 0 Å². The quantitative estimate of drug-likeness (QED) is 0.544. The predicted octanol–water partition coefficient (Wildman–Crippen LogP) is 0.508. The monoisotopic (exact) mass is 187 g/mol. The molecule has 0 aromatic carbocycles. The SMILES string of the molecule is CCC(CC1CC1)NCC(O)CO. The molecule has 2 unspecified atom stereocenters. The van der Waals surface area contributed by atoms with Crippen LogP contribution in [0.5, 0.6) is 0 Å². The van der Waals surface area contributed by atoms with E-state index in [0.717, 1.165) is 12.3 Å². The van der Waals surface area contributed by atoms with Crippen molar-refractivity contribution in [1.29, 1.82) is 0 Å². The molecule has 1 saturated carbocycles. The first-order chi connectivity index (χ1) is 6.26. The van der Waals surface area contributed by atoms with Gasteiger partial charge in [0.05, 0.1) is 12.7 Å². The van der Waals surface area contributed by atoms with Crippen LogP contribution >= 0.6 is 0 Å². The van der Waals surface area contributed by atoms with Gasteiger partial charge in [-0.15, -0.1) is 0 Å². The average Bonchev–Trinajstić information content (AvgIpc) is 2.95. The van der Waals surface area contributed by atoms with Gasteiger partial charge in [-0.05, 0) is 18.8 Å². The first kappa shape index (κ1) is 11.0. The molecule has 0 heterocycles. The van der Waals surface area contributed by atoms with E-state index in [-0.39, 0.29) is 6.61 Å². The third-order valence-corrected chi connectivity index (χ3v) is 2.66. The van der Waals surface area contributed by atoms with Crippen molar-refractivity contribution < 1.29 is 10.2 Å². The molecule has 13 heavy (non-hydrogen) atoms. The van der Waals surface area contributed by atoms with Crippen molar-refractivity contribution in [1.82, 2.24) is 5.32 Å². The molecule has 3 nitrogen and oxygen atoms in total. The van der Waals surface area contributed by atoms with Crippen molar-refractivity contribution in [2.24, 2.45) is 5.92 Å². The van der Waals surface area contributed by atoms with Crippen LogP contribution in [-0.4, -0.2) is 35.5 Å². The van der Waals surface area contributed by atoms with Gasteiger partial charge in [-0.3, -0.25) is 0 Å². The summed E-state index contributed by atoms with van der Waals surface area (Å²) in [6, 6.07) is 0.522. The maximum atomic E-state index is 9.14. The molecule has 1 aliphatic rings. The van der Waals surface area contributed by atoms with Gasteiger partial charge in [-0.2, -0.15) is 0 Å². The Hall–Kier alpha value is -0.120. The lowest BCUT2D eigenvalue weighted by Crippen LogP contribution is -2.37. The highest BCUT2D eigenvalue weighted by atomic mass is 16.3. The van der Waals surface area contributed by atoms with E-state index in [0.29, 0.717) is 12.6 Å². The average molecular weight is 187 g/mol. The highest BCUT2D eigenvalue weighted by Gasteiger charge is 2.24. The highest BCUT2D eigenvalue weighted by molar-refractivity contribution is 4.80. The van der Waals surface area contributed by atoms with Gasteiger partial charge in [0, 0.05) is 12.6 Å². The molecule has 0 spiro atoms. The predicted molar refractivity (Wildman–Crippen MR) is 52.5 cm³/mol. The summed E-state index contributed by atoms with van der Waals surface area (Å²) >= 11 is 0. The lowest BCUT2D eigenvalue weighted by molar-refractivity contribution is 0.0912. The van der Waals surface area contributed by atoms with Crippen LogP contribution in [-0.2, 0) is 0 Å². The first-order valence-corrected chi connectivity index (χ1v) is 5.28. The fourth-order valence-corrected chi connectivity index (χ4v) is 1.52. The smallest absolute Gasteiger partial charge is 0.0895 e. The maximum Gasteiger partial charge on any atom is 0.0895 e. The Kier molecular flexibility index (Phi) is 4.70. The minimum atomic E-state index is -0.603. The lowest BCUT2D eigenvalue weighted by Gasteiger charge is -2.18. The van der Waals surface area contributed by atoms with E-state index < -0.39 is 6.10 Å². The standard InChI is InChI=1S/C10H21NO2/c1-2-9(5-8-3-4-8)11-6-10(13)7-12/h8-13H,2-7H2,1H3. The summed E-state index contributed by atoms with van der Waals surface area (Å²) in [5, 5.41) is 21.0. The van der Waals surface area contributed by atoms with Crippen molar-refractivity contribution >= 4 is 0 Å². The van der Waals surface area contributed by atoms with Crippen molar-refractivity contribution in [2.75, 3.05) is 13.2 Å². The van der Waals surface area contributed by atoms with Gasteiger partial charge < -0.3 is 15.5 Å². The second kappa shape index (κ2) is 5.58. The fraction of sp³-hybridized carbons (Fsp3) is 1.00. The minimum absolute atomic E-state index is 0.146. The first-order valence-electron chi connectivity index (χ1n) is 5.28. The van der Waals surface area contributed by atoms with Gasteiger partial charge in [-0.1, -0.05) is 19.8 Å². The molecule has 0 radical (unpaired) electrons. The molecular formula is C10H21NO2. The van der Waals surface area contributed by atoms with Gasteiger partial charge in [-0.25, -0.2) is 0 Å². The minimum Gasteiger partial charge on any atom is -0.394 e. The molecule has 0 aromatic heterocycles. The Bertz CT molecular complexity index is 137.